The summed E-state index contributed by atoms with van der Waals surface area (Å²) in [7, 11) is 0. The van der Waals surface area contributed by atoms with E-state index in [1.54, 1.807) is 23.0 Å². The first-order valence-corrected chi connectivity index (χ1v) is 7.86. The number of anilines is 1. The largest absolute Gasteiger partial charge is 0.368 e. The second kappa shape index (κ2) is 6.32. The summed E-state index contributed by atoms with van der Waals surface area (Å²) < 4.78 is 15.3. The molecule has 8 heteroatoms. The number of tetrazole rings is 1. The zero-order valence-corrected chi connectivity index (χ0v) is 13.8. The van der Waals surface area contributed by atoms with Crippen molar-refractivity contribution < 1.29 is 4.39 Å². The molecule has 2 aromatic heterocycles. The Hall–Kier alpha value is -3.68. The molecule has 128 valence electrons. The van der Waals surface area contributed by atoms with E-state index in [9.17, 15) is 4.39 Å². The minimum Gasteiger partial charge on any atom is -0.368 e. The average Bonchev–Trinajstić information content (AvgIpc) is 3.12. The predicted octanol–water partition coefficient (Wildman–Crippen LogP) is 2.82. The fourth-order valence-electron chi connectivity index (χ4n) is 2.63. The van der Waals surface area contributed by atoms with Crippen molar-refractivity contribution in [3.05, 3.63) is 66.1 Å². The fraction of sp³-hybridized carbons (Fsp3) is 0.0556. The maximum Gasteiger partial charge on any atom is 0.220 e. The van der Waals surface area contributed by atoms with E-state index in [-0.39, 0.29) is 11.8 Å². The maximum absolute atomic E-state index is 13.7. The van der Waals surface area contributed by atoms with Crippen LogP contribution in [0.2, 0.25) is 0 Å². The van der Waals surface area contributed by atoms with Gasteiger partial charge in [0, 0.05) is 11.8 Å². The van der Waals surface area contributed by atoms with Crippen molar-refractivity contribution >= 4 is 5.95 Å². The van der Waals surface area contributed by atoms with Gasteiger partial charge in [-0.15, -0.1) is 5.10 Å². The lowest BCUT2D eigenvalue weighted by Crippen LogP contribution is -2.04. The van der Waals surface area contributed by atoms with Crippen molar-refractivity contribution in [2.45, 2.75) is 6.92 Å². The first-order chi connectivity index (χ1) is 12.6. The Labute approximate surface area is 148 Å². The molecule has 0 aliphatic carbocycles. The monoisotopic (exact) mass is 347 g/mol. The number of nitrogens with zero attached hydrogens (tertiary/aromatic N) is 6. The number of rotatable bonds is 3. The lowest BCUT2D eigenvalue weighted by atomic mass is 10.1. The molecule has 2 aromatic carbocycles. The van der Waals surface area contributed by atoms with E-state index in [2.05, 4.69) is 25.5 Å². The minimum absolute atomic E-state index is 0.0855. The van der Waals surface area contributed by atoms with Crippen molar-refractivity contribution in [2.75, 3.05) is 5.73 Å². The first kappa shape index (κ1) is 15.8. The van der Waals surface area contributed by atoms with Gasteiger partial charge in [-0.1, -0.05) is 29.8 Å². The molecule has 4 aromatic rings. The van der Waals surface area contributed by atoms with Crippen LogP contribution in [0.1, 0.15) is 5.56 Å². The van der Waals surface area contributed by atoms with E-state index in [1.807, 2.05) is 31.2 Å². The van der Waals surface area contributed by atoms with E-state index in [0.717, 1.165) is 11.3 Å². The summed E-state index contributed by atoms with van der Waals surface area (Å²) in [6.45, 7) is 2.00. The second-order valence-corrected chi connectivity index (χ2v) is 5.75. The Morgan fingerprint density at radius 2 is 1.88 bits per heavy atom. The standard InChI is InChI=1S/C18H14FN7/c1-11-5-7-14(8-6-11)26-17(23-24-25-26)15-10-21-18(20)22-16(15)12-3-2-4-13(19)9-12/h2-10H,1H3,(H2,20,21,22). The van der Waals surface area contributed by atoms with Crippen LogP contribution >= 0.6 is 0 Å². The quantitative estimate of drug-likeness (QED) is 0.612. The van der Waals surface area contributed by atoms with E-state index < -0.39 is 0 Å². The molecule has 2 heterocycles. The Morgan fingerprint density at radius 3 is 2.65 bits per heavy atom. The van der Waals surface area contributed by atoms with E-state index in [0.29, 0.717) is 22.6 Å². The molecule has 0 amide bonds. The van der Waals surface area contributed by atoms with E-state index >= 15 is 0 Å². The third-order valence-electron chi connectivity index (χ3n) is 3.89. The van der Waals surface area contributed by atoms with Gasteiger partial charge in [-0.2, -0.15) is 4.68 Å². The smallest absolute Gasteiger partial charge is 0.220 e. The Balaban J connectivity index is 1.90. The third kappa shape index (κ3) is 2.88. The third-order valence-corrected chi connectivity index (χ3v) is 3.89. The first-order valence-electron chi connectivity index (χ1n) is 7.86. The molecule has 0 aliphatic heterocycles. The second-order valence-electron chi connectivity index (χ2n) is 5.75. The van der Waals surface area contributed by atoms with Gasteiger partial charge in [0.15, 0.2) is 5.82 Å². The molecule has 0 radical (unpaired) electrons. The lowest BCUT2D eigenvalue weighted by Gasteiger charge is -2.10. The highest BCUT2D eigenvalue weighted by atomic mass is 19.1. The van der Waals surface area contributed by atoms with Crippen LogP contribution in [0.25, 0.3) is 28.3 Å². The number of nitrogen functional groups attached to an aromatic ring is 1. The summed E-state index contributed by atoms with van der Waals surface area (Å²) in [5.74, 6) is 0.152. The number of aromatic nitrogens is 6. The number of nitrogens with two attached hydrogens (primary N) is 1. The number of benzene rings is 2. The highest BCUT2D eigenvalue weighted by Gasteiger charge is 2.18. The Bertz CT molecular complexity index is 1070. The van der Waals surface area contributed by atoms with Crippen LogP contribution in [0.5, 0.6) is 0 Å². The molecule has 0 atom stereocenters. The number of halogens is 1. The molecule has 26 heavy (non-hydrogen) atoms. The molecule has 0 spiro atoms. The molecule has 0 fully saturated rings. The minimum atomic E-state index is -0.372. The molecule has 0 aliphatic rings. The zero-order valence-electron chi connectivity index (χ0n) is 13.8. The van der Waals surface area contributed by atoms with Gasteiger partial charge in [0.25, 0.3) is 0 Å². The van der Waals surface area contributed by atoms with Gasteiger partial charge in [-0.25, -0.2) is 14.4 Å². The average molecular weight is 347 g/mol. The zero-order chi connectivity index (χ0) is 18.1. The van der Waals surface area contributed by atoms with Gasteiger partial charge < -0.3 is 5.73 Å². The summed E-state index contributed by atoms with van der Waals surface area (Å²) in [4.78, 5) is 8.34. The summed E-state index contributed by atoms with van der Waals surface area (Å²) in [6, 6.07) is 13.9. The van der Waals surface area contributed by atoms with E-state index in [4.69, 9.17) is 5.73 Å². The summed E-state index contributed by atoms with van der Waals surface area (Å²) >= 11 is 0. The van der Waals surface area contributed by atoms with Crippen LogP contribution in [0, 0.1) is 12.7 Å². The lowest BCUT2D eigenvalue weighted by molar-refractivity contribution is 0.628. The maximum atomic E-state index is 13.7. The van der Waals surface area contributed by atoms with Crippen molar-refractivity contribution in [3.8, 4) is 28.3 Å². The highest BCUT2D eigenvalue weighted by Crippen LogP contribution is 2.30. The summed E-state index contributed by atoms with van der Waals surface area (Å²) in [6.07, 6.45) is 1.54. The normalized spacial score (nSPS) is 10.8. The molecule has 2 N–H and O–H groups in total. The van der Waals surface area contributed by atoms with Crippen LogP contribution in [-0.4, -0.2) is 30.2 Å². The van der Waals surface area contributed by atoms with E-state index in [1.165, 1.54) is 12.1 Å². The van der Waals surface area contributed by atoms with Gasteiger partial charge in [-0.05, 0) is 41.6 Å². The fourth-order valence-corrected chi connectivity index (χ4v) is 2.63. The van der Waals surface area contributed by atoms with Crippen LogP contribution in [0.3, 0.4) is 0 Å². The Kier molecular flexibility index (Phi) is 3.85. The topological polar surface area (TPSA) is 95.4 Å². The van der Waals surface area contributed by atoms with Crippen molar-refractivity contribution in [3.63, 3.8) is 0 Å². The van der Waals surface area contributed by atoms with Gasteiger partial charge in [-0.3, -0.25) is 0 Å². The van der Waals surface area contributed by atoms with Crippen LogP contribution in [-0.2, 0) is 0 Å². The molecule has 0 unspecified atom stereocenters. The van der Waals surface area contributed by atoms with Crippen LogP contribution < -0.4 is 5.73 Å². The SMILES string of the molecule is Cc1ccc(-n2nnnc2-c2cnc(N)nc2-c2cccc(F)c2)cc1. The molecular formula is C18H14FN7. The predicted molar refractivity (Wildman–Crippen MR) is 94.7 cm³/mol. The van der Waals surface area contributed by atoms with Crippen molar-refractivity contribution in [2.24, 2.45) is 0 Å². The number of aryl methyl sites for hydroxylation is 1. The summed E-state index contributed by atoms with van der Waals surface area (Å²) in [5, 5.41) is 11.9. The molecule has 7 nitrogen and oxygen atoms in total. The van der Waals surface area contributed by atoms with Crippen LogP contribution in [0.15, 0.2) is 54.7 Å². The van der Waals surface area contributed by atoms with Gasteiger partial charge in [0.2, 0.25) is 5.95 Å². The summed E-state index contributed by atoms with van der Waals surface area (Å²) in [5.41, 5.74) is 9.23. The molecule has 0 saturated carbocycles. The Morgan fingerprint density at radius 1 is 1.08 bits per heavy atom. The molecular weight excluding hydrogens is 333 g/mol. The molecule has 0 saturated heterocycles. The van der Waals surface area contributed by atoms with Crippen LogP contribution in [0.4, 0.5) is 10.3 Å². The van der Waals surface area contributed by atoms with Gasteiger partial charge >= 0.3 is 0 Å². The van der Waals surface area contributed by atoms with Crippen molar-refractivity contribution in [1.29, 1.82) is 0 Å². The highest BCUT2D eigenvalue weighted by molar-refractivity contribution is 5.78. The molecule has 4 rings (SSSR count). The van der Waals surface area contributed by atoms with Gasteiger partial charge in [0.05, 0.1) is 16.9 Å². The number of hydrogen-bond donors (Lipinski definition) is 1. The van der Waals surface area contributed by atoms with Crippen molar-refractivity contribution in [1.82, 2.24) is 30.2 Å². The number of hydrogen-bond acceptors (Lipinski definition) is 6. The van der Waals surface area contributed by atoms with Gasteiger partial charge in [0.1, 0.15) is 5.82 Å². The molecule has 0 bridgehead atoms.